The van der Waals surface area contributed by atoms with Crippen LogP contribution in [0.1, 0.15) is 0 Å². The Bertz CT molecular complexity index is 677. The number of hydrogen-bond donors (Lipinski definition) is 0. The van der Waals surface area contributed by atoms with Crippen molar-refractivity contribution in [3.05, 3.63) is 60.8 Å². The van der Waals surface area contributed by atoms with Gasteiger partial charge in [0.25, 0.3) is 0 Å². The second-order valence-corrected chi connectivity index (χ2v) is 4.09. The van der Waals surface area contributed by atoms with Crippen molar-refractivity contribution in [1.29, 1.82) is 0 Å². The van der Waals surface area contributed by atoms with Crippen LogP contribution < -0.4 is 4.74 Å². The van der Waals surface area contributed by atoms with Crippen LogP contribution in [0.3, 0.4) is 0 Å². The van der Waals surface area contributed by atoms with Gasteiger partial charge >= 0.3 is 0 Å². The third-order valence-corrected chi connectivity index (χ3v) is 2.89. The van der Waals surface area contributed by atoms with Gasteiger partial charge in [-0.15, -0.1) is 5.10 Å². The first kappa shape index (κ1) is 11.5. The van der Waals surface area contributed by atoms with E-state index in [-0.39, 0.29) is 0 Å². The molecule has 0 radical (unpaired) electrons. The zero-order chi connectivity index (χ0) is 13.1. The normalized spacial score (nSPS) is 10.4. The van der Waals surface area contributed by atoms with E-state index in [4.69, 9.17) is 4.74 Å². The highest BCUT2D eigenvalue weighted by atomic mass is 16.5. The minimum atomic E-state index is 0.770. The number of hydrogen-bond acceptors (Lipinski definition) is 3. The van der Waals surface area contributed by atoms with E-state index >= 15 is 0 Å². The summed E-state index contributed by atoms with van der Waals surface area (Å²) in [6.45, 7) is 0. The Morgan fingerprint density at radius 2 is 1.68 bits per heavy atom. The predicted octanol–water partition coefficient (Wildman–Crippen LogP) is 2.94. The van der Waals surface area contributed by atoms with Crippen LogP contribution >= 0.6 is 0 Å². The van der Waals surface area contributed by atoms with E-state index in [0.29, 0.717) is 0 Å². The number of aromatic nitrogens is 3. The second-order valence-electron chi connectivity index (χ2n) is 4.09. The molecule has 0 atom stereocenters. The molecule has 0 amide bonds. The van der Waals surface area contributed by atoms with Crippen LogP contribution in [0.4, 0.5) is 0 Å². The summed E-state index contributed by atoms with van der Waals surface area (Å²) < 4.78 is 7.05. The average molecular weight is 251 g/mol. The lowest BCUT2D eigenvalue weighted by Crippen LogP contribution is -1.98. The predicted molar refractivity (Wildman–Crippen MR) is 73.3 cm³/mol. The molecule has 3 rings (SSSR count). The Labute approximate surface area is 111 Å². The summed E-state index contributed by atoms with van der Waals surface area (Å²) in [6, 6.07) is 17.7. The topological polar surface area (TPSA) is 39.9 Å². The summed E-state index contributed by atoms with van der Waals surface area (Å²) in [5, 5.41) is 8.35. The van der Waals surface area contributed by atoms with Crippen molar-refractivity contribution in [2.24, 2.45) is 0 Å². The molecule has 2 aromatic carbocycles. The Balaban J connectivity index is 2.02. The quantitative estimate of drug-likeness (QED) is 0.718. The van der Waals surface area contributed by atoms with Gasteiger partial charge in [-0.25, -0.2) is 4.68 Å². The molecule has 0 aliphatic rings. The summed E-state index contributed by atoms with van der Waals surface area (Å²) in [6.07, 6.45) is 1.90. The van der Waals surface area contributed by atoms with Crippen molar-refractivity contribution in [3.63, 3.8) is 0 Å². The number of nitrogens with zero attached hydrogens (tertiary/aromatic N) is 3. The maximum absolute atomic E-state index is 5.33. The van der Waals surface area contributed by atoms with E-state index in [1.165, 1.54) is 0 Å². The van der Waals surface area contributed by atoms with Gasteiger partial charge in [-0.1, -0.05) is 47.7 Å². The third-order valence-electron chi connectivity index (χ3n) is 2.89. The summed E-state index contributed by atoms with van der Waals surface area (Å²) in [5.74, 6) is 0.770. The Morgan fingerprint density at radius 3 is 2.47 bits per heavy atom. The molecule has 0 saturated heterocycles. The van der Waals surface area contributed by atoms with Gasteiger partial charge in [0.2, 0.25) is 0 Å². The fourth-order valence-corrected chi connectivity index (χ4v) is 1.94. The molecule has 0 saturated carbocycles. The highest BCUT2D eigenvalue weighted by Gasteiger charge is 2.08. The lowest BCUT2D eigenvalue weighted by molar-refractivity contribution is 0.411. The third kappa shape index (κ3) is 2.20. The molecule has 4 heteroatoms. The average Bonchev–Trinajstić information content (AvgIpc) is 2.98. The Kier molecular flexibility index (Phi) is 2.98. The van der Waals surface area contributed by atoms with Gasteiger partial charge in [0.05, 0.1) is 13.3 Å². The lowest BCUT2D eigenvalue weighted by atomic mass is 10.2. The summed E-state index contributed by atoms with van der Waals surface area (Å²) in [5.41, 5.74) is 2.76. The van der Waals surface area contributed by atoms with Gasteiger partial charge in [-0.05, 0) is 12.1 Å². The van der Waals surface area contributed by atoms with E-state index in [1.807, 2.05) is 60.8 Å². The van der Waals surface area contributed by atoms with Gasteiger partial charge in [0.1, 0.15) is 17.1 Å². The van der Waals surface area contributed by atoms with Crippen molar-refractivity contribution < 1.29 is 4.74 Å². The molecule has 0 N–H and O–H groups in total. The molecule has 0 spiro atoms. The summed E-state index contributed by atoms with van der Waals surface area (Å²) >= 11 is 0. The Morgan fingerprint density at radius 1 is 0.947 bits per heavy atom. The summed E-state index contributed by atoms with van der Waals surface area (Å²) in [4.78, 5) is 0. The molecule has 0 unspecified atom stereocenters. The molecule has 0 aliphatic carbocycles. The second kappa shape index (κ2) is 4.94. The first-order chi connectivity index (χ1) is 9.38. The van der Waals surface area contributed by atoms with Crippen LogP contribution in [0.5, 0.6) is 5.75 Å². The molecular formula is C15H13N3O. The number of benzene rings is 2. The number of ether oxygens (including phenoxy) is 1. The molecule has 3 aromatic rings. The van der Waals surface area contributed by atoms with Gasteiger partial charge in [-0.3, -0.25) is 0 Å². The van der Waals surface area contributed by atoms with Crippen LogP contribution in [-0.2, 0) is 0 Å². The van der Waals surface area contributed by atoms with Crippen molar-refractivity contribution in [2.75, 3.05) is 7.11 Å². The molecule has 0 aliphatic heterocycles. The van der Waals surface area contributed by atoms with Crippen LogP contribution in [0, 0.1) is 0 Å². The van der Waals surface area contributed by atoms with Crippen LogP contribution in [0.2, 0.25) is 0 Å². The van der Waals surface area contributed by atoms with E-state index in [2.05, 4.69) is 10.3 Å². The minimum absolute atomic E-state index is 0.770. The van der Waals surface area contributed by atoms with E-state index in [9.17, 15) is 0 Å². The van der Waals surface area contributed by atoms with Crippen LogP contribution in [0.15, 0.2) is 60.8 Å². The van der Waals surface area contributed by atoms with Crippen LogP contribution in [-0.4, -0.2) is 22.1 Å². The van der Waals surface area contributed by atoms with E-state index in [1.54, 1.807) is 11.8 Å². The Hall–Kier alpha value is -2.62. The highest BCUT2D eigenvalue weighted by Crippen LogP contribution is 2.23. The van der Waals surface area contributed by atoms with Crippen molar-refractivity contribution in [1.82, 2.24) is 15.0 Å². The maximum atomic E-state index is 5.33. The molecule has 0 bridgehead atoms. The maximum Gasteiger partial charge on any atom is 0.144 e. The monoisotopic (exact) mass is 251 g/mol. The van der Waals surface area contributed by atoms with E-state index in [0.717, 1.165) is 22.7 Å². The molecule has 4 nitrogen and oxygen atoms in total. The lowest BCUT2D eigenvalue weighted by Gasteiger charge is -2.06. The zero-order valence-corrected chi connectivity index (χ0v) is 10.5. The molecule has 94 valence electrons. The standard InChI is InChI=1S/C15H13N3O/c1-19-15-10-6-5-9-14(15)18-11-13(16-17-18)12-7-3-2-4-8-12/h2-11H,1H3. The molecule has 1 heterocycles. The molecule has 1 aromatic heterocycles. The van der Waals surface area contributed by atoms with Gasteiger partial charge in [0, 0.05) is 5.56 Å². The zero-order valence-electron chi connectivity index (χ0n) is 10.5. The van der Waals surface area contributed by atoms with E-state index < -0.39 is 0 Å². The first-order valence-corrected chi connectivity index (χ1v) is 5.99. The number of rotatable bonds is 3. The van der Waals surface area contributed by atoms with Crippen molar-refractivity contribution in [2.45, 2.75) is 0 Å². The highest BCUT2D eigenvalue weighted by molar-refractivity contribution is 5.58. The smallest absolute Gasteiger partial charge is 0.144 e. The SMILES string of the molecule is COc1ccccc1-n1cc(-c2ccccc2)nn1. The first-order valence-electron chi connectivity index (χ1n) is 5.99. The fourth-order valence-electron chi connectivity index (χ4n) is 1.94. The van der Waals surface area contributed by atoms with Gasteiger partial charge < -0.3 is 4.74 Å². The molecule has 19 heavy (non-hydrogen) atoms. The van der Waals surface area contributed by atoms with Gasteiger partial charge in [0.15, 0.2) is 0 Å². The van der Waals surface area contributed by atoms with Crippen LogP contribution in [0.25, 0.3) is 16.9 Å². The fraction of sp³-hybridized carbons (Fsp3) is 0.0667. The number of methoxy groups -OCH3 is 1. The molecule has 0 fully saturated rings. The number of para-hydroxylation sites is 2. The molecular weight excluding hydrogens is 238 g/mol. The van der Waals surface area contributed by atoms with Gasteiger partial charge in [-0.2, -0.15) is 0 Å². The van der Waals surface area contributed by atoms with Crippen molar-refractivity contribution in [3.8, 4) is 22.7 Å². The van der Waals surface area contributed by atoms with Crippen molar-refractivity contribution >= 4 is 0 Å². The minimum Gasteiger partial charge on any atom is -0.494 e. The largest absolute Gasteiger partial charge is 0.494 e. The summed E-state index contributed by atoms with van der Waals surface area (Å²) in [7, 11) is 1.65.